The molecule has 1 heterocycles. The second kappa shape index (κ2) is 9.38. The smallest absolute Gasteiger partial charge is 0.307 e. The molecular formula is C20H28N2O4. The van der Waals surface area contributed by atoms with Gasteiger partial charge in [0.2, 0.25) is 5.91 Å². The first-order valence-corrected chi connectivity index (χ1v) is 8.92. The predicted octanol–water partition coefficient (Wildman–Crippen LogP) is 2.07. The minimum atomic E-state index is -0.509. The SMILES string of the molecule is C=CCc1cc(CN2CCNC(=O)[C@H]2CC(=O)OC)ccc1OC(C)C. The number of ether oxygens (including phenoxy) is 2. The number of hydrogen-bond donors (Lipinski definition) is 1. The molecule has 0 radical (unpaired) electrons. The van der Waals surface area contributed by atoms with Crippen LogP contribution >= 0.6 is 0 Å². The van der Waals surface area contributed by atoms with Crippen molar-refractivity contribution in [2.45, 2.75) is 45.4 Å². The maximum Gasteiger partial charge on any atom is 0.307 e. The Hall–Kier alpha value is -2.34. The molecule has 1 fully saturated rings. The zero-order chi connectivity index (χ0) is 19.1. The first kappa shape index (κ1) is 20.0. The lowest BCUT2D eigenvalue weighted by atomic mass is 10.0. The third-order valence-electron chi connectivity index (χ3n) is 4.27. The van der Waals surface area contributed by atoms with Crippen LogP contribution in [-0.4, -0.2) is 49.1 Å². The molecule has 1 amide bonds. The van der Waals surface area contributed by atoms with Crippen molar-refractivity contribution < 1.29 is 19.1 Å². The Kier molecular flexibility index (Phi) is 7.21. The van der Waals surface area contributed by atoms with Crippen molar-refractivity contribution >= 4 is 11.9 Å². The minimum Gasteiger partial charge on any atom is -0.491 e. The molecule has 26 heavy (non-hydrogen) atoms. The highest BCUT2D eigenvalue weighted by molar-refractivity contribution is 5.87. The van der Waals surface area contributed by atoms with Gasteiger partial charge in [0.15, 0.2) is 0 Å². The molecule has 1 aliphatic rings. The quantitative estimate of drug-likeness (QED) is 0.568. The van der Waals surface area contributed by atoms with Gasteiger partial charge in [-0.25, -0.2) is 0 Å². The predicted molar refractivity (Wildman–Crippen MR) is 99.9 cm³/mol. The fourth-order valence-corrected chi connectivity index (χ4v) is 3.06. The summed E-state index contributed by atoms with van der Waals surface area (Å²) in [6, 6.07) is 5.55. The number of carbonyl (C=O) groups excluding carboxylic acids is 2. The Morgan fingerprint density at radius 3 is 2.88 bits per heavy atom. The van der Waals surface area contributed by atoms with Gasteiger partial charge in [-0.2, -0.15) is 0 Å². The number of carbonyl (C=O) groups is 2. The van der Waals surface area contributed by atoms with Crippen LogP contribution in [0.5, 0.6) is 5.75 Å². The highest BCUT2D eigenvalue weighted by Gasteiger charge is 2.32. The maximum absolute atomic E-state index is 12.2. The summed E-state index contributed by atoms with van der Waals surface area (Å²) in [5.41, 5.74) is 2.14. The van der Waals surface area contributed by atoms with E-state index >= 15 is 0 Å². The second-order valence-electron chi connectivity index (χ2n) is 6.66. The van der Waals surface area contributed by atoms with E-state index in [-0.39, 0.29) is 24.4 Å². The van der Waals surface area contributed by atoms with Gasteiger partial charge in [-0.15, -0.1) is 6.58 Å². The van der Waals surface area contributed by atoms with E-state index < -0.39 is 6.04 Å². The van der Waals surface area contributed by atoms with E-state index in [1.54, 1.807) is 0 Å². The molecule has 0 bridgehead atoms. The van der Waals surface area contributed by atoms with Gasteiger partial charge in [0.1, 0.15) is 11.8 Å². The monoisotopic (exact) mass is 360 g/mol. The molecule has 1 atom stereocenters. The molecule has 1 saturated heterocycles. The van der Waals surface area contributed by atoms with Gasteiger partial charge < -0.3 is 14.8 Å². The molecule has 0 saturated carbocycles. The number of rotatable bonds is 8. The number of benzene rings is 1. The van der Waals surface area contributed by atoms with E-state index in [1.807, 2.05) is 37.0 Å². The number of nitrogens with one attached hydrogen (secondary N) is 1. The van der Waals surface area contributed by atoms with Gasteiger partial charge in [0.05, 0.1) is 19.6 Å². The van der Waals surface area contributed by atoms with Gasteiger partial charge in [-0.1, -0.05) is 18.2 Å². The van der Waals surface area contributed by atoms with E-state index in [9.17, 15) is 9.59 Å². The van der Waals surface area contributed by atoms with Gasteiger partial charge in [0.25, 0.3) is 0 Å². The molecule has 0 aliphatic carbocycles. The fraction of sp³-hybridized carbons (Fsp3) is 0.500. The summed E-state index contributed by atoms with van der Waals surface area (Å²) < 4.78 is 10.6. The zero-order valence-corrected chi connectivity index (χ0v) is 15.8. The molecular weight excluding hydrogens is 332 g/mol. The van der Waals surface area contributed by atoms with Crippen LogP contribution in [0.15, 0.2) is 30.9 Å². The molecule has 0 spiro atoms. The normalized spacial score (nSPS) is 17.7. The van der Waals surface area contributed by atoms with Crippen LogP contribution in [0.2, 0.25) is 0 Å². The van der Waals surface area contributed by atoms with E-state index in [4.69, 9.17) is 9.47 Å². The zero-order valence-electron chi connectivity index (χ0n) is 15.8. The van der Waals surface area contributed by atoms with Crippen LogP contribution in [0.1, 0.15) is 31.4 Å². The van der Waals surface area contributed by atoms with Crippen molar-refractivity contribution in [1.29, 1.82) is 0 Å². The molecule has 6 nitrogen and oxygen atoms in total. The molecule has 0 unspecified atom stereocenters. The summed E-state index contributed by atoms with van der Waals surface area (Å²) in [4.78, 5) is 25.9. The molecule has 1 N–H and O–H groups in total. The van der Waals surface area contributed by atoms with Crippen LogP contribution in [0.25, 0.3) is 0 Å². The van der Waals surface area contributed by atoms with E-state index in [0.29, 0.717) is 26.1 Å². The summed E-state index contributed by atoms with van der Waals surface area (Å²) in [5, 5.41) is 2.82. The molecule has 1 aliphatic heterocycles. The van der Waals surface area contributed by atoms with Crippen molar-refractivity contribution in [2.75, 3.05) is 20.2 Å². The minimum absolute atomic E-state index is 0.0520. The van der Waals surface area contributed by atoms with E-state index in [0.717, 1.165) is 16.9 Å². The van der Waals surface area contributed by atoms with Crippen molar-refractivity contribution in [3.63, 3.8) is 0 Å². The number of esters is 1. The second-order valence-corrected chi connectivity index (χ2v) is 6.66. The Labute approximate surface area is 155 Å². The summed E-state index contributed by atoms with van der Waals surface area (Å²) in [6.45, 7) is 9.65. The summed E-state index contributed by atoms with van der Waals surface area (Å²) in [5.74, 6) is 0.337. The van der Waals surface area contributed by atoms with Crippen molar-refractivity contribution in [2.24, 2.45) is 0 Å². The van der Waals surface area contributed by atoms with Crippen LogP contribution < -0.4 is 10.1 Å². The third-order valence-corrected chi connectivity index (χ3v) is 4.27. The molecule has 6 heteroatoms. The first-order valence-electron chi connectivity index (χ1n) is 8.92. The Balaban J connectivity index is 2.18. The highest BCUT2D eigenvalue weighted by Crippen LogP contribution is 2.24. The fourth-order valence-electron chi connectivity index (χ4n) is 3.06. The van der Waals surface area contributed by atoms with Crippen molar-refractivity contribution in [3.05, 3.63) is 42.0 Å². The van der Waals surface area contributed by atoms with Crippen molar-refractivity contribution in [1.82, 2.24) is 10.2 Å². The highest BCUT2D eigenvalue weighted by atomic mass is 16.5. The van der Waals surface area contributed by atoms with Crippen LogP contribution in [0, 0.1) is 0 Å². The lowest BCUT2D eigenvalue weighted by molar-refractivity contribution is -0.146. The summed E-state index contributed by atoms with van der Waals surface area (Å²) in [7, 11) is 1.34. The summed E-state index contributed by atoms with van der Waals surface area (Å²) in [6.07, 6.45) is 2.71. The average molecular weight is 360 g/mol. The van der Waals surface area contributed by atoms with Gasteiger partial charge in [0, 0.05) is 19.6 Å². The van der Waals surface area contributed by atoms with Crippen LogP contribution in [0.3, 0.4) is 0 Å². The van der Waals surface area contributed by atoms with Gasteiger partial charge >= 0.3 is 5.97 Å². The number of methoxy groups -OCH3 is 1. The van der Waals surface area contributed by atoms with Crippen molar-refractivity contribution in [3.8, 4) is 5.75 Å². The Morgan fingerprint density at radius 2 is 2.23 bits per heavy atom. The number of nitrogens with zero attached hydrogens (tertiary/aromatic N) is 1. The largest absolute Gasteiger partial charge is 0.491 e. The third kappa shape index (κ3) is 5.33. The van der Waals surface area contributed by atoms with E-state index in [1.165, 1.54) is 7.11 Å². The number of piperazine rings is 1. The van der Waals surface area contributed by atoms with E-state index in [2.05, 4.69) is 18.0 Å². The Morgan fingerprint density at radius 1 is 1.46 bits per heavy atom. The maximum atomic E-state index is 12.2. The van der Waals surface area contributed by atoms with Crippen LogP contribution in [-0.2, 0) is 27.3 Å². The van der Waals surface area contributed by atoms with Gasteiger partial charge in [-0.3, -0.25) is 14.5 Å². The molecule has 1 aromatic carbocycles. The van der Waals surface area contributed by atoms with Gasteiger partial charge in [-0.05, 0) is 37.5 Å². The first-order chi connectivity index (χ1) is 12.4. The standard InChI is InChI=1S/C20H28N2O4/c1-5-6-16-11-15(7-8-18(16)26-14(2)3)13-22-10-9-21-20(24)17(22)12-19(23)25-4/h5,7-8,11,14,17H,1,6,9-10,12-13H2,2-4H3,(H,21,24)/t17-/m1/s1. The number of allylic oxidation sites excluding steroid dienone is 1. The molecule has 0 aromatic heterocycles. The number of amides is 1. The average Bonchev–Trinajstić information content (AvgIpc) is 2.60. The molecule has 2 rings (SSSR count). The van der Waals surface area contributed by atoms with Crippen LogP contribution in [0.4, 0.5) is 0 Å². The Bertz CT molecular complexity index is 657. The lowest BCUT2D eigenvalue weighted by Gasteiger charge is -2.34. The summed E-state index contributed by atoms with van der Waals surface area (Å²) >= 11 is 0. The topological polar surface area (TPSA) is 67.9 Å². The number of hydrogen-bond acceptors (Lipinski definition) is 5. The molecule has 142 valence electrons. The molecule has 1 aromatic rings. The lowest BCUT2D eigenvalue weighted by Crippen LogP contribution is -2.55.